The van der Waals surface area contributed by atoms with Gasteiger partial charge in [0, 0.05) is 35.9 Å². The molecule has 0 saturated heterocycles. The molecule has 0 atom stereocenters. The van der Waals surface area contributed by atoms with Crippen molar-refractivity contribution in [2.24, 2.45) is 7.05 Å². The molecule has 0 fully saturated rings. The number of aromatic nitrogens is 1. The molecular formula is C18H19N3O3. The molecule has 2 N–H and O–H groups in total. The van der Waals surface area contributed by atoms with Crippen molar-refractivity contribution in [1.82, 2.24) is 4.57 Å². The Bertz CT molecular complexity index is 886. The normalized spacial score (nSPS) is 10.5. The zero-order valence-electron chi connectivity index (χ0n) is 13.8. The first-order chi connectivity index (χ1) is 11.6. The zero-order chi connectivity index (χ0) is 17.1. The van der Waals surface area contributed by atoms with Gasteiger partial charge in [-0.25, -0.2) is 4.79 Å². The number of rotatable bonds is 4. The predicted molar refractivity (Wildman–Crippen MR) is 95.1 cm³/mol. The quantitative estimate of drug-likeness (QED) is 0.766. The van der Waals surface area contributed by atoms with Gasteiger partial charge in [0.25, 0.3) is 0 Å². The molecule has 0 radical (unpaired) electrons. The molecule has 2 amide bonds. The second-order valence-corrected chi connectivity index (χ2v) is 5.32. The number of anilines is 2. The topological polar surface area (TPSA) is 64.5 Å². The summed E-state index contributed by atoms with van der Waals surface area (Å²) in [4.78, 5) is 12.3. The van der Waals surface area contributed by atoms with E-state index in [1.807, 2.05) is 42.1 Å². The van der Waals surface area contributed by atoms with E-state index in [2.05, 4.69) is 10.6 Å². The van der Waals surface area contributed by atoms with Gasteiger partial charge in [-0.1, -0.05) is 18.2 Å². The summed E-state index contributed by atoms with van der Waals surface area (Å²) in [5.41, 5.74) is 2.43. The van der Waals surface area contributed by atoms with Crippen LogP contribution >= 0.6 is 0 Å². The number of hydrogen-bond donors (Lipinski definition) is 2. The van der Waals surface area contributed by atoms with Gasteiger partial charge in [-0.15, -0.1) is 0 Å². The molecule has 0 aliphatic rings. The van der Waals surface area contributed by atoms with Crippen molar-refractivity contribution in [1.29, 1.82) is 0 Å². The van der Waals surface area contributed by atoms with E-state index in [4.69, 9.17) is 9.47 Å². The van der Waals surface area contributed by atoms with Crippen LogP contribution < -0.4 is 20.1 Å². The average Bonchev–Trinajstić information content (AvgIpc) is 2.91. The first-order valence-corrected chi connectivity index (χ1v) is 7.46. The van der Waals surface area contributed by atoms with Crippen LogP contribution in [0.1, 0.15) is 0 Å². The van der Waals surface area contributed by atoms with E-state index in [0.29, 0.717) is 17.2 Å². The molecule has 1 heterocycles. The van der Waals surface area contributed by atoms with Crippen LogP contribution in [0.15, 0.2) is 48.7 Å². The number of ether oxygens (including phenoxy) is 2. The maximum Gasteiger partial charge on any atom is 0.323 e. The Morgan fingerprint density at radius 1 is 1.00 bits per heavy atom. The summed E-state index contributed by atoms with van der Waals surface area (Å²) in [6.45, 7) is 0. The lowest BCUT2D eigenvalue weighted by molar-refractivity contribution is 0.262. The Labute approximate surface area is 140 Å². The Morgan fingerprint density at radius 2 is 1.75 bits per heavy atom. The number of amides is 2. The fraction of sp³-hybridized carbons (Fsp3) is 0.167. The molecule has 0 aliphatic carbocycles. The number of nitrogens with one attached hydrogen (secondary N) is 2. The van der Waals surface area contributed by atoms with E-state index in [9.17, 15) is 4.79 Å². The van der Waals surface area contributed by atoms with Gasteiger partial charge in [0.2, 0.25) is 0 Å². The minimum Gasteiger partial charge on any atom is -0.493 e. The van der Waals surface area contributed by atoms with Crippen LogP contribution in [-0.4, -0.2) is 24.8 Å². The molecule has 0 unspecified atom stereocenters. The van der Waals surface area contributed by atoms with Gasteiger partial charge in [-0.05, 0) is 18.2 Å². The summed E-state index contributed by atoms with van der Waals surface area (Å²) in [6.07, 6.45) is 1.89. The molecule has 0 spiro atoms. The van der Waals surface area contributed by atoms with Gasteiger partial charge < -0.3 is 24.7 Å². The smallest absolute Gasteiger partial charge is 0.323 e. The lowest BCUT2D eigenvalue weighted by Gasteiger charge is -2.11. The minimum atomic E-state index is -0.321. The van der Waals surface area contributed by atoms with Crippen LogP contribution in [0.5, 0.6) is 11.5 Å². The fourth-order valence-electron chi connectivity index (χ4n) is 2.64. The number of methoxy groups -OCH3 is 2. The van der Waals surface area contributed by atoms with Crippen LogP contribution in [0.25, 0.3) is 10.9 Å². The van der Waals surface area contributed by atoms with Crippen molar-refractivity contribution >= 4 is 28.3 Å². The first kappa shape index (κ1) is 15.7. The summed E-state index contributed by atoms with van der Waals surface area (Å²) in [5, 5.41) is 6.66. The van der Waals surface area contributed by atoms with Gasteiger partial charge in [-0.2, -0.15) is 0 Å². The van der Waals surface area contributed by atoms with Crippen molar-refractivity contribution in [3.05, 3.63) is 48.7 Å². The minimum absolute atomic E-state index is 0.321. The highest BCUT2D eigenvalue weighted by Gasteiger charge is 2.11. The molecule has 2 aromatic carbocycles. The van der Waals surface area contributed by atoms with E-state index in [1.54, 1.807) is 32.4 Å². The SMILES string of the molecule is COc1ccc(NC(=O)Nc2cn(C)c3ccccc23)cc1OC. The summed E-state index contributed by atoms with van der Waals surface area (Å²) in [6, 6.07) is 12.8. The van der Waals surface area contributed by atoms with Gasteiger partial charge in [0.1, 0.15) is 0 Å². The van der Waals surface area contributed by atoms with E-state index < -0.39 is 0 Å². The van der Waals surface area contributed by atoms with Crippen LogP contribution in [-0.2, 0) is 7.05 Å². The molecule has 6 heteroatoms. The number of para-hydroxylation sites is 1. The molecule has 3 rings (SSSR count). The number of nitrogens with zero attached hydrogens (tertiary/aromatic N) is 1. The summed E-state index contributed by atoms with van der Waals surface area (Å²) >= 11 is 0. The molecule has 24 heavy (non-hydrogen) atoms. The Kier molecular flexibility index (Phi) is 4.29. The van der Waals surface area contributed by atoms with Gasteiger partial charge in [0.05, 0.1) is 19.9 Å². The molecule has 6 nitrogen and oxygen atoms in total. The summed E-state index contributed by atoms with van der Waals surface area (Å²) < 4.78 is 12.4. The molecular weight excluding hydrogens is 306 g/mol. The third-order valence-corrected chi connectivity index (χ3v) is 3.79. The Hall–Kier alpha value is -3.15. The third-order valence-electron chi connectivity index (χ3n) is 3.79. The standard InChI is InChI=1S/C18H19N3O3/c1-21-11-14(13-6-4-5-7-15(13)21)20-18(22)19-12-8-9-16(23-2)17(10-12)24-3/h4-11H,1-3H3,(H2,19,20,22). The van der Waals surface area contributed by atoms with E-state index in [1.165, 1.54) is 0 Å². The maximum atomic E-state index is 12.3. The number of urea groups is 1. The average molecular weight is 325 g/mol. The third kappa shape index (κ3) is 2.99. The van der Waals surface area contributed by atoms with Crippen LogP contribution in [0.2, 0.25) is 0 Å². The second-order valence-electron chi connectivity index (χ2n) is 5.32. The van der Waals surface area contributed by atoms with E-state index in [0.717, 1.165) is 16.6 Å². The van der Waals surface area contributed by atoms with Crippen LogP contribution in [0.4, 0.5) is 16.2 Å². The summed E-state index contributed by atoms with van der Waals surface area (Å²) in [5.74, 6) is 1.16. The molecule has 1 aromatic heterocycles. The summed E-state index contributed by atoms with van der Waals surface area (Å²) in [7, 11) is 5.07. The number of carbonyl (C=O) groups is 1. The monoisotopic (exact) mass is 325 g/mol. The van der Waals surface area contributed by atoms with Crippen molar-refractivity contribution in [3.63, 3.8) is 0 Å². The van der Waals surface area contributed by atoms with Crippen LogP contribution in [0.3, 0.4) is 0 Å². The molecule has 0 aliphatic heterocycles. The lowest BCUT2D eigenvalue weighted by atomic mass is 10.2. The van der Waals surface area contributed by atoms with Gasteiger partial charge >= 0.3 is 6.03 Å². The highest BCUT2D eigenvalue weighted by molar-refractivity contribution is 6.06. The lowest BCUT2D eigenvalue weighted by Crippen LogP contribution is -2.19. The van der Waals surface area contributed by atoms with Crippen LogP contribution in [0, 0.1) is 0 Å². The predicted octanol–water partition coefficient (Wildman–Crippen LogP) is 3.84. The second kappa shape index (κ2) is 6.54. The maximum absolute atomic E-state index is 12.3. The van der Waals surface area contributed by atoms with Gasteiger partial charge in [-0.3, -0.25) is 0 Å². The van der Waals surface area contributed by atoms with E-state index in [-0.39, 0.29) is 6.03 Å². The van der Waals surface area contributed by atoms with Crippen molar-refractivity contribution in [2.45, 2.75) is 0 Å². The van der Waals surface area contributed by atoms with Gasteiger partial charge in [0.15, 0.2) is 11.5 Å². The number of benzene rings is 2. The van der Waals surface area contributed by atoms with E-state index >= 15 is 0 Å². The van der Waals surface area contributed by atoms with Crippen molar-refractivity contribution in [2.75, 3.05) is 24.9 Å². The highest BCUT2D eigenvalue weighted by Crippen LogP contribution is 2.30. The molecule has 0 bridgehead atoms. The van der Waals surface area contributed by atoms with Crippen molar-refractivity contribution in [3.8, 4) is 11.5 Å². The first-order valence-electron chi connectivity index (χ1n) is 7.46. The molecule has 3 aromatic rings. The Morgan fingerprint density at radius 3 is 2.50 bits per heavy atom. The number of hydrogen-bond acceptors (Lipinski definition) is 3. The zero-order valence-corrected chi connectivity index (χ0v) is 13.8. The largest absolute Gasteiger partial charge is 0.493 e. The molecule has 124 valence electrons. The number of aryl methyl sites for hydroxylation is 1. The Balaban J connectivity index is 1.78. The van der Waals surface area contributed by atoms with Crippen molar-refractivity contribution < 1.29 is 14.3 Å². The highest BCUT2D eigenvalue weighted by atomic mass is 16.5. The number of fused-ring (bicyclic) bond motifs is 1. The fourth-order valence-corrected chi connectivity index (χ4v) is 2.64. The number of carbonyl (C=O) groups excluding carboxylic acids is 1. The molecule has 0 saturated carbocycles.